The fourth-order valence-corrected chi connectivity index (χ4v) is 3.54. The lowest BCUT2D eigenvalue weighted by atomic mass is 9.96. The van der Waals surface area contributed by atoms with E-state index in [0.29, 0.717) is 18.1 Å². The SMILES string of the molecule is O=C(/C=C/c1ccc(Cl)cc1)N1CCC(c2nc3ccc(F)cc3[nH]2)CC1. The first-order valence-corrected chi connectivity index (χ1v) is 9.34. The number of carbonyl (C=O) groups is 1. The van der Waals surface area contributed by atoms with Gasteiger partial charge in [0, 0.05) is 30.1 Å². The second kappa shape index (κ2) is 7.53. The minimum absolute atomic E-state index is 0.00933. The van der Waals surface area contributed by atoms with Crippen molar-refractivity contribution in [2.45, 2.75) is 18.8 Å². The molecule has 0 radical (unpaired) electrons. The molecule has 6 heteroatoms. The van der Waals surface area contributed by atoms with Crippen LogP contribution in [0.1, 0.15) is 30.1 Å². The van der Waals surface area contributed by atoms with Crippen LogP contribution in [-0.2, 0) is 4.79 Å². The van der Waals surface area contributed by atoms with Gasteiger partial charge in [-0.15, -0.1) is 0 Å². The van der Waals surface area contributed by atoms with Gasteiger partial charge in [0.1, 0.15) is 11.6 Å². The van der Waals surface area contributed by atoms with Gasteiger partial charge in [-0.1, -0.05) is 23.7 Å². The molecule has 0 bridgehead atoms. The Bertz CT molecular complexity index is 988. The summed E-state index contributed by atoms with van der Waals surface area (Å²) in [5.41, 5.74) is 2.43. The van der Waals surface area contributed by atoms with Crippen molar-refractivity contribution in [1.82, 2.24) is 14.9 Å². The van der Waals surface area contributed by atoms with E-state index in [9.17, 15) is 9.18 Å². The Morgan fingerprint density at radius 1 is 1.19 bits per heavy atom. The van der Waals surface area contributed by atoms with Gasteiger partial charge in [0.25, 0.3) is 0 Å². The molecule has 0 spiro atoms. The van der Waals surface area contributed by atoms with E-state index in [-0.39, 0.29) is 17.6 Å². The number of fused-ring (bicyclic) bond motifs is 1. The van der Waals surface area contributed by atoms with E-state index in [1.165, 1.54) is 12.1 Å². The number of halogens is 2. The third kappa shape index (κ3) is 4.03. The molecule has 2 aromatic carbocycles. The van der Waals surface area contributed by atoms with Crippen LogP contribution in [0.5, 0.6) is 0 Å². The highest BCUT2D eigenvalue weighted by molar-refractivity contribution is 6.30. The number of amides is 1. The van der Waals surface area contributed by atoms with E-state index in [1.54, 1.807) is 30.4 Å². The Morgan fingerprint density at radius 3 is 2.67 bits per heavy atom. The molecule has 0 atom stereocenters. The van der Waals surface area contributed by atoms with Gasteiger partial charge in [0.15, 0.2) is 0 Å². The Kier molecular flexibility index (Phi) is 4.94. The lowest BCUT2D eigenvalue weighted by Gasteiger charge is -2.30. The van der Waals surface area contributed by atoms with Gasteiger partial charge in [0.2, 0.25) is 5.91 Å². The number of hydrogen-bond donors (Lipinski definition) is 1. The Balaban J connectivity index is 1.37. The van der Waals surface area contributed by atoms with Crippen LogP contribution in [0.15, 0.2) is 48.5 Å². The van der Waals surface area contributed by atoms with Crippen molar-refractivity contribution in [3.05, 3.63) is 70.8 Å². The Hall–Kier alpha value is -2.66. The monoisotopic (exact) mass is 383 g/mol. The summed E-state index contributed by atoms with van der Waals surface area (Å²) in [6, 6.07) is 11.9. The minimum atomic E-state index is -0.273. The van der Waals surface area contributed by atoms with Crippen molar-refractivity contribution in [2.24, 2.45) is 0 Å². The summed E-state index contributed by atoms with van der Waals surface area (Å²) in [7, 11) is 0. The van der Waals surface area contributed by atoms with Crippen LogP contribution in [0.3, 0.4) is 0 Å². The van der Waals surface area contributed by atoms with Crippen LogP contribution < -0.4 is 0 Å². The van der Waals surface area contributed by atoms with Crippen molar-refractivity contribution < 1.29 is 9.18 Å². The lowest BCUT2D eigenvalue weighted by molar-refractivity contribution is -0.127. The van der Waals surface area contributed by atoms with Crippen LogP contribution in [0.25, 0.3) is 17.1 Å². The van der Waals surface area contributed by atoms with Gasteiger partial charge in [-0.2, -0.15) is 0 Å². The highest BCUT2D eigenvalue weighted by Gasteiger charge is 2.24. The summed E-state index contributed by atoms with van der Waals surface area (Å²) >= 11 is 5.87. The van der Waals surface area contributed by atoms with Gasteiger partial charge >= 0.3 is 0 Å². The van der Waals surface area contributed by atoms with Gasteiger partial charge in [-0.25, -0.2) is 9.37 Å². The maximum absolute atomic E-state index is 13.3. The summed E-state index contributed by atoms with van der Waals surface area (Å²) in [6.07, 6.45) is 5.08. The van der Waals surface area contributed by atoms with E-state index in [4.69, 9.17) is 11.6 Å². The zero-order chi connectivity index (χ0) is 18.8. The van der Waals surface area contributed by atoms with Gasteiger partial charge < -0.3 is 9.88 Å². The van der Waals surface area contributed by atoms with Crippen LogP contribution in [0.2, 0.25) is 5.02 Å². The molecule has 1 aliphatic heterocycles. The zero-order valence-electron chi connectivity index (χ0n) is 14.7. The third-order valence-electron chi connectivity index (χ3n) is 4.94. The smallest absolute Gasteiger partial charge is 0.246 e. The Labute approximate surface area is 161 Å². The highest BCUT2D eigenvalue weighted by atomic mass is 35.5. The summed E-state index contributed by atoms with van der Waals surface area (Å²) in [5, 5.41) is 0.675. The number of likely N-dealkylation sites (tertiary alicyclic amines) is 1. The minimum Gasteiger partial charge on any atom is -0.342 e. The standard InChI is InChI=1S/C21H19ClFN3O/c22-16-4-1-14(2-5-16)3-8-20(27)26-11-9-15(10-12-26)21-24-18-7-6-17(23)13-19(18)25-21/h1-8,13,15H,9-12H2,(H,24,25)/b8-3+. The molecule has 1 N–H and O–H groups in total. The molecular weight excluding hydrogens is 365 g/mol. The maximum atomic E-state index is 13.3. The van der Waals surface area contributed by atoms with Crippen LogP contribution in [-0.4, -0.2) is 33.9 Å². The molecule has 27 heavy (non-hydrogen) atoms. The summed E-state index contributed by atoms with van der Waals surface area (Å²) < 4.78 is 13.3. The molecule has 4 rings (SSSR count). The van der Waals surface area contributed by atoms with Crippen molar-refractivity contribution in [2.75, 3.05) is 13.1 Å². The first-order valence-electron chi connectivity index (χ1n) is 8.96. The number of aromatic nitrogens is 2. The molecule has 0 aliphatic carbocycles. The van der Waals surface area contributed by atoms with Gasteiger partial charge in [-0.05, 0) is 54.8 Å². The van der Waals surface area contributed by atoms with Crippen LogP contribution in [0, 0.1) is 5.82 Å². The normalized spacial score (nSPS) is 15.7. The molecule has 1 saturated heterocycles. The van der Waals surface area contributed by atoms with Gasteiger partial charge in [-0.3, -0.25) is 4.79 Å². The van der Waals surface area contributed by atoms with Crippen LogP contribution in [0.4, 0.5) is 4.39 Å². The molecule has 1 aromatic heterocycles. The van der Waals surface area contributed by atoms with E-state index >= 15 is 0 Å². The topological polar surface area (TPSA) is 49.0 Å². The summed E-state index contributed by atoms with van der Waals surface area (Å²) in [5.74, 6) is 0.866. The number of carbonyl (C=O) groups excluding carboxylic acids is 1. The number of aromatic amines is 1. The number of benzene rings is 2. The predicted octanol–water partition coefficient (Wildman–Crippen LogP) is 4.77. The molecule has 2 heterocycles. The molecule has 0 unspecified atom stereocenters. The number of piperidine rings is 1. The molecular formula is C21H19ClFN3O. The molecule has 3 aromatic rings. The quantitative estimate of drug-likeness (QED) is 0.662. The number of rotatable bonds is 3. The average molecular weight is 384 g/mol. The van der Waals surface area contributed by atoms with Gasteiger partial charge in [0.05, 0.1) is 11.0 Å². The molecule has 138 valence electrons. The predicted molar refractivity (Wildman–Crippen MR) is 105 cm³/mol. The number of hydrogen-bond acceptors (Lipinski definition) is 2. The second-order valence-electron chi connectivity index (χ2n) is 6.77. The van der Waals surface area contributed by atoms with E-state index in [2.05, 4.69) is 9.97 Å². The molecule has 1 aliphatic rings. The van der Waals surface area contributed by atoms with E-state index in [0.717, 1.165) is 35.3 Å². The van der Waals surface area contributed by atoms with Crippen LogP contribution >= 0.6 is 11.6 Å². The number of imidazole rings is 1. The Morgan fingerprint density at radius 2 is 1.93 bits per heavy atom. The number of nitrogens with one attached hydrogen (secondary N) is 1. The van der Waals surface area contributed by atoms with E-state index < -0.39 is 0 Å². The summed E-state index contributed by atoms with van der Waals surface area (Å²) in [6.45, 7) is 1.36. The zero-order valence-corrected chi connectivity index (χ0v) is 15.4. The molecule has 0 saturated carbocycles. The first-order chi connectivity index (χ1) is 13.1. The fourth-order valence-electron chi connectivity index (χ4n) is 3.42. The van der Waals surface area contributed by atoms with Crippen molar-refractivity contribution in [3.63, 3.8) is 0 Å². The number of nitrogens with zero attached hydrogens (tertiary/aromatic N) is 2. The average Bonchev–Trinajstić information content (AvgIpc) is 3.10. The van der Waals surface area contributed by atoms with Crippen molar-refractivity contribution >= 4 is 34.6 Å². The van der Waals surface area contributed by atoms with Crippen molar-refractivity contribution in [3.8, 4) is 0 Å². The van der Waals surface area contributed by atoms with Crippen molar-refractivity contribution in [1.29, 1.82) is 0 Å². The largest absolute Gasteiger partial charge is 0.342 e. The molecule has 4 nitrogen and oxygen atoms in total. The molecule has 1 fully saturated rings. The fraction of sp³-hybridized carbons (Fsp3) is 0.238. The maximum Gasteiger partial charge on any atom is 0.246 e. The number of H-pyrrole nitrogens is 1. The second-order valence-corrected chi connectivity index (χ2v) is 7.20. The third-order valence-corrected chi connectivity index (χ3v) is 5.20. The first kappa shape index (κ1) is 17.7. The summed E-state index contributed by atoms with van der Waals surface area (Å²) in [4.78, 5) is 22.1. The van der Waals surface area contributed by atoms with E-state index in [1.807, 2.05) is 17.0 Å². The highest BCUT2D eigenvalue weighted by Crippen LogP contribution is 2.28. The lowest BCUT2D eigenvalue weighted by Crippen LogP contribution is -2.37. The molecule has 1 amide bonds.